The Hall–Kier alpha value is -3.45. The molecule has 102 valence electrons. The van der Waals surface area contributed by atoms with Crippen molar-refractivity contribution in [3.8, 4) is 23.6 Å². The topological polar surface area (TPSA) is 94.1 Å². The Balaban J connectivity index is 2.13. The van der Waals surface area contributed by atoms with Gasteiger partial charge in [-0.2, -0.15) is 15.6 Å². The van der Waals surface area contributed by atoms with E-state index in [0.717, 1.165) is 6.07 Å². The average Bonchev–Trinajstić information content (AvgIpc) is 2.52. The molecule has 1 heterocycles. The van der Waals surface area contributed by atoms with Crippen LogP contribution in [0.2, 0.25) is 0 Å². The summed E-state index contributed by atoms with van der Waals surface area (Å²) in [5.41, 5.74) is 2.34. The van der Waals surface area contributed by atoms with Crippen molar-refractivity contribution in [1.29, 1.82) is 10.5 Å². The predicted octanol–water partition coefficient (Wildman–Crippen LogP) is 2.83. The van der Waals surface area contributed by atoms with E-state index in [4.69, 9.17) is 15.3 Å². The Morgan fingerprint density at radius 2 is 2.10 bits per heavy atom. The van der Waals surface area contributed by atoms with E-state index in [0.29, 0.717) is 5.75 Å². The van der Waals surface area contributed by atoms with E-state index < -0.39 is 5.82 Å². The van der Waals surface area contributed by atoms with Crippen LogP contribution >= 0.6 is 0 Å². The van der Waals surface area contributed by atoms with Crippen LogP contribution in [-0.2, 0) is 0 Å². The molecule has 0 atom stereocenters. The standard InChI is InChI=1S/C14H8FN5O/c15-13-6-10(19-20-11(7-16)8-17)3-4-14(13)21-12-2-1-5-18-9-12/h1-6,9,19H. The molecule has 0 aliphatic rings. The van der Waals surface area contributed by atoms with Crippen molar-refractivity contribution in [3.05, 3.63) is 48.5 Å². The van der Waals surface area contributed by atoms with Gasteiger partial charge in [0.25, 0.3) is 0 Å². The van der Waals surface area contributed by atoms with Crippen molar-refractivity contribution in [3.63, 3.8) is 0 Å². The zero-order valence-electron chi connectivity index (χ0n) is 10.6. The van der Waals surface area contributed by atoms with Crippen LogP contribution in [0.25, 0.3) is 0 Å². The van der Waals surface area contributed by atoms with Gasteiger partial charge in [-0.1, -0.05) is 0 Å². The molecular weight excluding hydrogens is 273 g/mol. The van der Waals surface area contributed by atoms with Crippen molar-refractivity contribution in [1.82, 2.24) is 4.98 Å². The van der Waals surface area contributed by atoms with Gasteiger partial charge in [0.2, 0.25) is 5.71 Å². The summed E-state index contributed by atoms with van der Waals surface area (Å²) >= 11 is 0. The Bertz CT molecular complexity index is 730. The van der Waals surface area contributed by atoms with Gasteiger partial charge in [0.05, 0.1) is 11.9 Å². The van der Waals surface area contributed by atoms with E-state index in [1.54, 1.807) is 30.5 Å². The van der Waals surface area contributed by atoms with Crippen LogP contribution in [0.5, 0.6) is 11.5 Å². The maximum Gasteiger partial charge on any atom is 0.237 e. The number of hydrazone groups is 1. The smallest absolute Gasteiger partial charge is 0.237 e. The third kappa shape index (κ3) is 3.75. The molecule has 2 aromatic rings. The molecule has 0 spiro atoms. The summed E-state index contributed by atoms with van der Waals surface area (Å²) in [5.74, 6) is -0.181. The number of pyridine rings is 1. The van der Waals surface area contributed by atoms with Crippen LogP contribution in [0, 0.1) is 28.5 Å². The summed E-state index contributed by atoms with van der Waals surface area (Å²) in [6.45, 7) is 0. The van der Waals surface area contributed by atoms with Crippen molar-refractivity contribution in [2.45, 2.75) is 0 Å². The zero-order valence-corrected chi connectivity index (χ0v) is 10.6. The Labute approximate surface area is 119 Å². The number of nitrogens with zero attached hydrogens (tertiary/aromatic N) is 4. The molecule has 0 aliphatic heterocycles. The van der Waals surface area contributed by atoms with Crippen molar-refractivity contribution in [2.75, 3.05) is 5.43 Å². The maximum atomic E-state index is 13.9. The summed E-state index contributed by atoms with van der Waals surface area (Å²) in [7, 11) is 0. The SMILES string of the molecule is N#CC(C#N)=NNc1ccc(Oc2cccnc2)c(F)c1. The minimum Gasteiger partial charge on any atom is -0.453 e. The first-order valence-electron chi connectivity index (χ1n) is 5.74. The van der Waals surface area contributed by atoms with Crippen LogP contribution in [0.1, 0.15) is 0 Å². The molecule has 7 heteroatoms. The van der Waals surface area contributed by atoms with Gasteiger partial charge in [0.1, 0.15) is 17.9 Å². The zero-order chi connectivity index (χ0) is 15.1. The van der Waals surface area contributed by atoms with E-state index in [1.165, 1.54) is 18.3 Å². The summed E-state index contributed by atoms with van der Waals surface area (Å²) in [6, 6.07) is 10.5. The fraction of sp³-hybridized carbons (Fsp3) is 0. The van der Waals surface area contributed by atoms with Gasteiger partial charge in [-0.05, 0) is 24.3 Å². The van der Waals surface area contributed by atoms with Gasteiger partial charge in [-0.25, -0.2) is 4.39 Å². The lowest BCUT2D eigenvalue weighted by Gasteiger charge is -2.07. The summed E-state index contributed by atoms with van der Waals surface area (Å²) in [4.78, 5) is 3.86. The highest BCUT2D eigenvalue weighted by Crippen LogP contribution is 2.26. The van der Waals surface area contributed by atoms with Crippen LogP contribution in [0.15, 0.2) is 47.8 Å². The summed E-state index contributed by atoms with van der Waals surface area (Å²) in [6.07, 6.45) is 3.04. The van der Waals surface area contributed by atoms with Crippen LogP contribution < -0.4 is 10.2 Å². The van der Waals surface area contributed by atoms with Crippen molar-refractivity contribution < 1.29 is 9.13 Å². The molecular formula is C14H8FN5O. The molecule has 0 saturated heterocycles. The molecule has 0 saturated carbocycles. The van der Waals surface area contributed by atoms with E-state index in [9.17, 15) is 4.39 Å². The minimum absolute atomic E-state index is 0.0262. The highest BCUT2D eigenvalue weighted by Gasteiger charge is 2.06. The number of hydrogen-bond donors (Lipinski definition) is 1. The predicted molar refractivity (Wildman–Crippen MR) is 73.0 cm³/mol. The van der Waals surface area contributed by atoms with Gasteiger partial charge in [0.15, 0.2) is 11.6 Å². The molecule has 0 amide bonds. The molecule has 2 rings (SSSR count). The number of aromatic nitrogens is 1. The highest BCUT2D eigenvalue weighted by atomic mass is 19.1. The molecule has 0 aliphatic carbocycles. The first-order valence-corrected chi connectivity index (χ1v) is 5.74. The Morgan fingerprint density at radius 3 is 2.71 bits per heavy atom. The molecule has 1 aromatic heterocycles. The first-order chi connectivity index (χ1) is 10.2. The molecule has 21 heavy (non-hydrogen) atoms. The lowest BCUT2D eigenvalue weighted by atomic mass is 10.3. The Kier molecular flexibility index (Phi) is 4.42. The number of ether oxygens (including phenoxy) is 1. The number of nitrogens with one attached hydrogen (secondary N) is 1. The second kappa shape index (κ2) is 6.64. The normalized spacial score (nSPS) is 9.10. The van der Waals surface area contributed by atoms with Gasteiger partial charge < -0.3 is 4.74 Å². The number of halogens is 1. The number of hydrogen-bond acceptors (Lipinski definition) is 6. The third-order valence-corrected chi connectivity index (χ3v) is 2.30. The second-order valence-electron chi connectivity index (χ2n) is 3.73. The number of benzene rings is 1. The third-order valence-electron chi connectivity index (χ3n) is 2.30. The van der Waals surface area contributed by atoms with Gasteiger partial charge in [-0.15, -0.1) is 0 Å². The van der Waals surface area contributed by atoms with E-state index >= 15 is 0 Å². The van der Waals surface area contributed by atoms with E-state index in [2.05, 4.69) is 15.5 Å². The summed E-state index contributed by atoms with van der Waals surface area (Å²) in [5, 5.41) is 20.6. The van der Waals surface area contributed by atoms with Crippen LogP contribution in [0.3, 0.4) is 0 Å². The highest BCUT2D eigenvalue weighted by molar-refractivity contribution is 6.10. The van der Waals surface area contributed by atoms with E-state index in [1.807, 2.05) is 0 Å². The minimum atomic E-state index is -0.616. The van der Waals surface area contributed by atoms with Gasteiger partial charge in [0, 0.05) is 12.3 Å². The largest absolute Gasteiger partial charge is 0.453 e. The fourth-order valence-electron chi connectivity index (χ4n) is 1.38. The number of rotatable bonds is 4. The van der Waals surface area contributed by atoms with Crippen molar-refractivity contribution >= 4 is 11.4 Å². The van der Waals surface area contributed by atoms with Crippen LogP contribution in [0.4, 0.5) is 10.1 Å². The second-order valence-corrected chi connectivity index (χ2v) is 3.73. The monoisotopic (exact) mass is 281 g/mol. The summed E-state index contributed by atoms with van der Waals surface area (Å²) < 4.78 is 19.2. The lowest BCUT2D eigenvalue weighted by molar-refractivity contribution is 0.441. The molecule has 0 radical (unpaired) electrons. The molecule has 0 bridgehead atoms. The maximum absolute atomic E-state index is 13.9. The average molecular weight is 281 g/mol. The first kappa shape index (κ1) is 14.0. The molecule has 6 nitrogen and oxygen atoms in total. The van der Waals surface area contributed by atoms with Crippen molar-refractivity contribution in [2.24, 2.45) is 5.10 Å². The van der Waals surface area contributed by atoms with E-state index in [-0.39, 0.29) is 17.1 Å². The molecule has 1 aromatic carbocycles. The van der Waals surface area contributed by atoms with Gasteiger partial charge >= 0.3 is 0 Å². The number of anilines is 1. The lowest BCUT2D eigenvalue weighted by Crippen LogP contribution is -1.97. The molecule has 0 unspecified atom stereocenters. The van der Waals surface area contributed by atoms with Gasteiger partial charge in [-0.3, -0.25) is 10.4 Å². The number of nitriles is 2. The van der Waals surface area contributed by atoms with Crippen LogP contribution in [-0.4, -0.2) is 10.7 Å². The fourth-order valence-corrected chi connectivity index (χ4v) is 1.38. The molecule has 1 N–H and O–H groups in total. The quantitative estimate of drug-likeness (QED) is 0.686. The Morgan fingerprint density at radius 1 is 1.29 bits per heavy atom. The molecule has 0 fully saturated rings.